The van der Waals surface area contributed by atoms with Gasteiger partial charge in [-0.05, 0) is 122 Å². The van der Waals surface area contributed by atoms with Gasteiger partial charge in [-0.15, -0.1) is 0 Å². The van der Waals surface area contributed by atoms with Gasteiger partial charge in [0, 0.05) is 19.3 Å². The minimum absolute atomic E-state index is 0.0971. The highest BCUT2D eigenvalue weighted by Gasteiger charge is 2.19. The van der Waals surface area contributed by atoms with E-state index >= 15 is 0 Å². The van der Waals surface area contributed by atoms with Gasteiger partial charge in [-0.2, -0.15) is 0 Å². The summed E-state index contributed by atoms with van der Waals surface area (Å²) in [6.45, 7) is 6.36. The molecule has 0 rings (SSSR count). The molecule has 0 aliphatic heterocycles. The molecule has 0 N–H and O–H groups in total. The van der Waals surface area contributed by atoms with Crippen molar-refractivity contribution in [1.82, 2.24) is 0 Å². The first-order valence-corrected chi connectivity index (χ1v) is 33.3. The highest BCUT2D eigenvalue weighted by molar-refractivity contribution is 5.71. The molecule has 1 unspecified atom stereocenters. The Morgan fingerprint density at radius 3 is 0.778 bits per heavy atom. The average Bonchev–Trinajstić information content (AvgIpc) is 3.47. The van der Waals surface area contributed by atoms with Crippen LogP contribution in [0, 0.1) is 0 Å². The van der Waals surface area contributed by atoms with Gasteiger partial charge in [0.15, 0.2) is 6.10 Å². The summed E-state index contributed by atoms with van der Waals surface area (Å²) in [6.07, 6.45) is 97.4. The summed E-state index contributed by atoms with van der Waals surface area (Å²) in [7, 11) is 0. The highest BCUT2D eigenvalue weighted by atomic mass is 16.6. The lowest BCUT2D eigenvalue weighted by Crippen LogP contribution is -2.30. The molecule has 0 saturated heterocycles. The van der Waals surface area contributed by atoms with Crippen molar-refractivity contribution < 1.29 is 28.6 Å². The maximum atomic E-state index is 12.9. The second-order valence-corrected chi connectivity index (χ2v) is 21.6. The first kappa shape index (κ1) is 76.3. The topological polar surface area (TPSA) is 78.9 Å². The number of carbonyl (C=O) groups excluding carboxylic acids is 3. The molecule has 6 heteroatoms. The molecule has 0 aliphatic carbocycles. The van der Waals surface area contributed by atoms with Crippen molar-refractivity contribution in [2.45, 2.75) is 297 Å². The van der Waals surface area contributed by atoms with Crippen LogP contribution in [0.5, 0.6) is 0 Å². The van der Waals surface area contributed by atoms with E-state index in [-0.39, 0.29) is 37.5 Å². The van der Waals surface area contributed by atoms with E-state index < -0.39 is 6.10 Å². The Kier molecular flexibility index (Phi) is 63.9. The van der Waals surface area contributed by atoms with Crippen molar-refractivity contribution in [3.8, 4) is 0 Å². The second kappa shape index (κ2) is 67.8. The summed E-state index contributed by atoms with van der Waals surface area (Å²) >= 11 is 0. The number of ether oxygens (including phenoxy) is 3. The van der Waals surface area contributed by atoms with Crippen molar-refractivity contribution in [1.29, 1.82) is 0 Å². The van der Waals surface area contributed by atoms with Gasteiger partial charge in [0.2, 0.25) is 0 Å². The first-order chi connectivity index (χ1) is 40.0. The van der Waals surface area contributed by atoms with E-state index in [1.165, 1.54) is 116 Å². The van der Waals surface area contributed by atoms with Crippen molar-refractivity contribution >= 4 is 17.9 Å². The van der Waals surface area contributed by atoms with Gasteiger partial charge < -0.3 is 14.2 Å². The lowest BCUT2D eigenvalue weighted by atomic mass is 10.0. The monoisotopic (exact) mass is 1120 g/mol. The van der Waals surface area contributed by atoms with Crippen LogP contribution in [-0.4, -0.2) is 37.2 Å². The standard InChI is InChI=1S/C75H122O6/c1-4-7-10-13-16-19-21-23-25-27-29-31-32-33-34-35-36-37-38-39-40-41-42-44-45-47-49-51-53-56-59-62-65-68-74(77)80-71-72(70-79-73(76)67-64-61-58-55-18-15-12-9-6-3)81-75(78)69-66-63-60-57-54-52-50-48-46-43-30-28-26-24-22-20-17-14-11-8-5-2/h7-8,10-11,16-17,19-20,23-26,29-31,33-34,36-37,43,48,50,54,57,72H,4-6,9,12-15,18,21-22,27-28,32,35,38-42,44-47,49,51-53,55-56,58-71H2,1-3H3/b10-7-,11-8-,19-16-,20-17-,25-23-,26-24-,31-29-,34-33-,37-36-,43-30-,50-48-,57-54-. The molecule has 1 atom stereocenters. The van der Waals surface area contributed by atoms with E-state index in [1.807, 2.05) is 0 Å². The summed E-state index contributed by atoms with van der Waals surface area (Å²) in [5.41, 5.74) is 0. The van der Waals surface area contributed by atoms with Crippen LogP contribution in [0.15, 0.2) is 146 Å². The Balaban J connectivity index is 4.22. The Hall–Kier alpha value is -4.71. The fraction of sp³-hybridized carbons (Fsp3) is 0.640. The molecule has 0 fully saturated rings. The van der Waals surface area contributed by atoms with E-state index in [2.05, 4.69) is 167 Å². The van der Waals surface area contributed by atoms with Gasteiger partial charge in [-0.3, -0.25) is 14.4 Å². The average molecular weight is 1120 g/mol. The third-order valence-electron chi connectivity index (χ3n) is 13.8. The fourth-order valence-corrected chi connectivity index (χ4v) is 8.92. The predicted molar refractivity (Wildman–Crippen MR) is 352 cm³/mol. The molecule has 0 heterocycles. The van der Waals surface area contributed by atoms with Crippen LogP contribution in [0.25, 0.3) is 0 Å². The molecule has 81 heavy (non-hydrogen) atoms. The van der Waals surface area contributed by atoms with Gasteiger partial charge in [-0.25, -0.2) is 0 Å². The summed E-state index contributed by atoms with van der Waals surface area (Å²) in [5, 5.41) is 0. The quantitative estimate of drug-likeness (QED) is 0.0261. The Morgan fingerprint density at radius 1 is 0.259 bits per heavy atom. The molecule has 6 nitrogen and oxygen atoms in total. The summed E-state index contributed by atoms with van der Waals surface area (Å²) in [4.78, 5) is 38.2. The second-order valence-electron chi connectivity index (χ2n) is 21.6. The Labute approximate surface area is 499 Å². The van der Waals surface area contributed by atoms with E-state index in [0.717, 1.165) is 128 Å². The molecular formula is C75H122O6. The minimum atomic E-state index is -0.804. The number of allylic oxidation sites excluding steroid dienone is 24. The third kappa shape index (κ3) is 66.0. The smallest absolute Gasteiger partial charge is 0.306 e. The number of unbranched alkanes of at least 4 members (excludes halogenated alkanes) is 24. The highest BCUT2D eigenvalue weighted by Crippen LogP contribution is 2.16. The number of carbonyl (C=O) groups is 3. The lowest BCUT2D eigenvalue weighted by Gasteiger charge is -2.18. The molecule has 0 radical (unpaired) electrons. The van der Waals surface area contributed by atoms with Gasteiger partial charge >= 0.3 is 17.9 Å². The molecule has 458 valence electrons. The van der Waals surface area contributed by atoms with Crippen LogP contribution in [0.4, 0.5) is 0 Å². The molecule has 0 bridgehead atoms. The Bertz CT molecular complexity index is 1760. The lowest BCUT2D eigenvalue weighted by molar-refractivity contribution is -0.167. The summed E-state index contributed by atoms with van der Waals surface area (Å²) in [5.74, 6) is -0.942. The molecule has 0 amide bonds. The Morgan fingerprint density at radius 2 is 0.481 bits per heavy atom. The van der Waals surface area contributed by atoms with Crippen LogP contribution in [0.2, 0.25) is 0 Å². The van der Waals surface area contributed by atoms with Gasteiger partial charge in [-0.1, -0.05) is 295 Å². The predicted octanol–water partition coefficient (Wildman–Crippen LogP) is 23.1. The number of hydrogen-bond donors (Lipinski definition) is 0. The van der Waals surface area contributed by atoms with Crippen LogP contribution in [0.3, 0.4) is 0 Å². The first-order valence-electron chi connectivity index (χ1n) is 33.3. The van der Waals surface area contributed by atoms with Gasteiger partial charge in [0.1, 0.15) is 13.2 Å². The zero-order valence-corrected chi connectivity index (χ0v) is 52.5. The summed E-state index contributed by atoms with van der Waals surface area (Å²) in [6, 6.07) is 0. The van der Waals surface area contributed by atoms with Crippen molar-refractivity contribution in [2.24, 2.45) is 0 Å². The van der Waals surface area contributed by atoms with Crippen molar-refractivity contribution in [3.63, 3.8) is 0 Å². The minimum Gasteiger partial charge on any atom is -0.462 e. The van der Waals surface area contributed by atoms with E-state index in [4.69, 9.17) is 14.2 Å². The SMILES string of the molecule is CC/C=C\C/C=C\C/C=C\C/C=C\C/C=C\C/C=C\CCCCCCCCCCCCCCCCC(=O)OCC(COC(=O)CCCCCCCCCCC)OC(=O)CCCC/C=C\C/C=C\C/C=C\C/C=C\C/C=C\C/C=C\CC. The molecule has 0 aromatic heterocycles. The van der Waals surface area contributed by atoms with Crippen molar-refractivity contribution in [3.05, 3.63) is 146 Å². The zero-order chi connectivity index (χ0) is 58.5. The molecule has 0 aliphatic rings. The normalized spacial score (nSPS) is 13.1. The van der Waals surface area contributed by atoms with Crippen LogP contribution >= 0.6 is 0 Å². The molecule has 0 aromatic rings. The van der Waals surface area contributed by atoms with E-state index in [0.29, 0.717) is 19.3 Å². The van der Waals surface area contributed by atoms with E-state index in [1.54, 1.807) is 0 Å². The summed E-state index contributed by atoms with van der Waals surface area (Å²) < 4.78 is 16.8. The maximum absolute atomic E-state index is 12.9. The van der Waals surface area contributed by atoms with E-state index in [9.17, 15) is 14.4 Å². The van der Waals surface area contributed by atoms with Gasteiger partial charge in [0.05, 0.1) is 0 Å². The molecular weight excluding hydrogens is 997 g/mol. The van der Waals surface area contributed by atoms with Crippen LogP contribution in [0.1, 0.15) is 290 Å². The fourth-order valence-electron chi connectivity index (χ4n) is 8.92. The number of hydrogen-bond acceptors (Lipinski definition) is 6. The molecule has 0 spiro atoms. The maximum Gasteiger partial charge on any atom is 0.306 e. The third-order valence-corrected chi connectivity index (χ3v) is 13.8. The van der Waals surface area contributed by atoms with Crippen LogP contribution in [-0.2, 0) is 28.6 Å². The largest absolute Gasteiger partial charge is 0.462 e. The van der Waals surface area contributed by atoms with Crippen molar-refractivity contribution in [2.75, 3.05) is 13.2 Å². The molecule has 0 aromatic carbocycles. The number of rotatable bonds is 59. The van der Waals surface area contributed by atoms with Crippen LogP contribution < -0.4 is 0 Å². The zero-order valence-electron chi connectivity index (χ0n) is 52.5. The molecule has 0 saturated carbocycles. The number of esters is 3. The van der Waals surface area contributed by atoms with Gasteiger partial charge in [0.25, 0.3) is 0 Å².